The van der Waals surface area contributed by atoms with E-state index in [1.807, 2.05) is 18.2 Å². The normalized spacial score (nSPS) is 12.2. The quantitative estimate of drug-likeness (QED) is 0.662. The minimum Gasteiger partial charge on any atom is -0.496 e. The minimum absolute atomic E-state index is 0.0246. The van der Waals surface area contributed by atoms with Gasteiger partial charge in [-0.2, -0.15) is 0 Å². The summed E-state index contributed by atoms with van der Waals surface area (Å²) in [6.45, 7) is 6.94. The molecule has 0 radical (unpaired) electrons. The first-order valence-corrected chi connectivity index (χ1v) is 6.96. The molecule has 0 spiro atoms. The lowest BCUT2D eigenvalue weighted by atomic mass is 10.1. The van der Waals surface area contributed by atoms with E-state index in [0.717, 1.165) is 21.7 Å². The number of benzene rings is 1. The Bertz CT molecular complexity index is 452. The zero-order chi connectivity index (χ0) is 14.5. The van der Waals surface area contributed by atoms with Crippen LogP contribution in [0, 0.1) is 0 Å². The standard InChI is InChI=1S/C14H22BrN3O/c1-14(2,3)18-13(16-4)17-9-10-8-11(15)6-7-12(10)19-5/h6-8H,9H2,1-5H3,(H2,16,17,18). The molecule has 0 unspecified atom stereocenters. The Morgan fingerprint density at radius 1 is 1.37 bits per heavy atom. The number of nitrogens with zero attached hydrogens (tertiary/aromatic N) is 1. The van der Waals surface area contributed by atoms with E-state index in [4.69, 9.17) is 4.74 Å². The lowest BCUT2D eigenvalue weighted by Gasteiger charge is -2.24. The van der Waals surface area contributed by atoms with E-state index in [9.17, 15) is 0 Å². The molecule has 0 amide bonds. The maximum atomic E-state index is 5.35. The maximum Gasteiger partial charge on any atom is 0.191 e. The first-order valence-electron chi connectivity index (χ1n) is 6.17. The molecule has 106 valence electrons. The van der Waals surface area contributed by atoms with Gasteiger partial charge in [-0.15, -0.1) is 0 Å². The van der Waals surface area contributed by atoms with Crippen molar-refractivity contribution < 1.29 is 4.74 Å². The summed E-state index contributed by atoms with van der Waals surface area (Å²) in [5.74, 6) is 1.64. The summed E-state index contributed by atoms with van der Waals surface area (Å²) in [5, 5.41) is 6.60. The molecule has 1 aromatic rings. The highest BCUT2D eigenvalue weighted by Crippen LogP contribution is 2.22. The monoisotopic (exact) mass is 327 g/mol. The number of guanidine groups is 1. The predicted octanol–water partition coefficient (Wildman–Crippen LogP) is 2.92. The number of ether oxygens (including phenoxy) is 1. The third kappa shape index (κ3) is 5.51. The van der Waals surface area contributed by atoms with Gasteiger partial charge in [0.15, 0.2) is 5.96 Å². The molecule has 0 fully saturated rings. The highest BCUT2D eigenvalue weighted by molar-refractivity contribution is 9.10. The fraction of sp³-hybridized carbons (Fsp3) is 0.500. The van der Waals surface area contributed by atoms with Gasteiger partial charge in [0, 0.05) is 29.2 Å². The molecule has 2 N–H and O–H groups in total. The van der Waals surface area contributed by atoms with Crippen molar-refractivity contribution in [3.8, 4) is 5.75 Å². The van der Waals surface area contributed by atoms with E-state index in [1.54, 1.807) is 14.2 Å². The van der Waals surface area contributed by atoms with Crippen LogP contribution in [0.5, 0.6) is 5.75 Å². The molecule has 0 saturated heterocycles. The average Bonchev–Trinajstić information content (AvgIpc) is 2.33. The highest BCUT2D eigenvalue weighted by Gasteiger charge is 2.12. The van der Waals surface area contributed by atoms with Gasteiger partial charge in [-0.05, 0) is 39.0 Å². The van der Waals surface area contributed by atoms with E-state index >= 15 is 0 Å². The number of hydrogen-bond acceptors (Lipinski definition) is 2. The number of halogens is 1. The zero-order valence-corrected chi connectivity index (χ0v) is 13.8. The van der Waals surface area contributed by atoms with Crippen LogP contribution in [0.15, 0.2) is 27.7 Å². The molecule has 0 bridgehead atoms. The molecule has 4 nitrogen and oxygen atoms in total. The molecule has 0 aromatic heterocycles. The predicted molar refractivity (Wildman–Crippen MR) is 83.8 cm³/mol. The van der Waals surface area contributed by atoms with Crippen molar-refractivity contribution in [3.63, 3.8) is 0 Å². The zero-order valence-electron chi connectivity index (χ0n) is 12.2. The summed E-state index contributed by atoms with van der Waals surface area (Å²) in [4.78, 5) is 4.21. The third-order valence-electron chi connectivity index (χ3n) is 2.41. The van der Waals surface area contributed by atoms with Gasteiger partial charge in [-0.3, -0.25) is 4.99 Å². The van der Waals surface area contributed by atoms with Crippen LogP contribution in [0.1, 0.15) is 26.3 Å². The number of nitrogens with one attached hydrogen (secondary N) is 2. The molecule has 0 heterocycles. The molecule has 19 heavy (non-hydrogen) atoms. The van der Waals surface area contributed by atoms with E-state index in [0.29, 0.717) is 6.54 Å². The molecule has 0 saturated carbocycles. The summed E-state index contributed by atoms with van der Waals surface area (Å²) >= 11 is 3.47. The van der Waals surface area contributed by atoms with Crippen LogP contribution in [0.3, 0.4) is 0 Å². The molecule has 1 aromatic carbocycles. The number of methoxy groups -OCH3 is 1. The summed E-state index contributed by atoms with van der Waals surface area (Å²) in [6.07, 6.45) is 0. The van der Waals surface area contributed by atoms with Crippen LogP contribution < -0.4 is 15.4 Å². The minimum atomic E-state index is -0.0246. The van der Waals surface area contributed by atoms with Crippen molar-refractivity contribution in [2.75, 3.05) is 14.2 Å². The van der Waals surface area contributed by atoms with E-state index in [-0.39, 0.29) is 5.54 Å². The van der Waals surface area contributed by atoms with Crippen LogP contribution in [0.2, 0.25) is 0 Å². The van der Waals surface area contributed by atoms with Crippen molar-refractivity contribution in [2.24, 2.45) is 4.99 Å². The fourth-order valence-corrected chi connectivity index (χ4v) is 2.01. The number of aliphatic imine (C=N–C) groups is 1. The Morgan fingerprint density at radius 2 is 2.05 bits per heavy atom. The molecule has 0 aliphatic heterocycles. The Morgan fingerprint density at radius 3 is 2.58 bits per heavy atom. The van der Waals surface area contributed by atoms with E-state index < -0.39 is 0 Å². The van der Waals surface area contributed by atoms with E-state index in [2.05, 4.69) is 52.3 Å². The largest absolute Gasteiger partial charge is 0.496 e. The topological polar surface area (TPSA) is 45.7 Å². The Hall–Kier alpha value is -1.23. The van der Waals surface area contributed by atoms with Crippen LogP contribution in [-0.4, -0.2) is 25.7 Å². The molecule has 5 heteroatoms. The third-order valence-corrected chi connectivity index (χ3v) is 2.90. The second kappa shape index (κ2) is 6.80. The molecule has 0 aliphatic carbocycles. The van der Waals surface area contributed by atoms with Gasteiger partial charge in [-0.1, -0.05) is 15.9 Å². The summed E-state index contributed by atoms with van der Waals surface area (Å²) in [5.41, 5.74) is 1.05. The second-order valence-electron chi connectivity index (χ2n) is 5.26. The molecule has 0 aliphatic rings. The van der Waals surface area contributed by atoms with Crippen molar-refractivity contribution in [1.29, 1.82) is 0 Å². The number of hydrogen-bond donors (Lipinski definition) is 2. The van der Waals surface area contributed by atoms with Crippen molar-refractivity contribution in [2.45, 2.75) is 32.9 Å². The van der Waals surface area contributed by atoms with Crippen molar-refractivity contribution in [1.82, 2.24) is 10.6 Å². The SMILES string of the molecule is CN=C(NCc1cc(Br)ccc1OC)NC(C)(C)C. The second-order valence-corrected chi connectivity index (χ2v) is 6.17. The first kappa shape index (κ1) is 15.8. The Balaban J connectivity index is 2.73. The van der Waals surface area contributed by atoms with E-state index in [1.165, 1.54) is 0 Å². The van der Waals surface area contributed by atoms with Crippen molar-refractivity contribution >= 4 is 21.9 Å². The van der Waals surface area contributed by atoms with Crippen molar-refractivity contribution in [3.05, 3.63) is 28.2 Å². The van der Waals surface area contributed by atoms with Crippen LogP contribution in [0.25, 0.3) is 0 Å². The molecular formula is C14H22BrN3O. The van der Waals surface area contributed by atoms with Gasteiger partial charge in [-0.25, -0.2) is 0 Å². The van der Waals surface area contributed by atoms with Gasteiger partial charge in [0.05, 0.1) is 7.11 Å². The summed E-state index contributed by atoms with van der Waals surface area (Å²) in [6, 6.07) is 5.95. The lowest BCUT2D eigenvalue weighted by molar-refractivity contribution is 0.408. The highest BCUT2D eigenvalue weighted by atomic mass is 79.9. The van der Waals surface area contributed by atoms with Crippen LogP contribution in [-0.2, 0) is 6.54 Å². The first-order chi connectivity index (χ1) is 8.85. The lowest BCUT2D eigenvalue weighted by Crippen LogP contribution is -2.47. The summed E-state index contributed by atoms with van der Waals surface area (Å²) in [7, 11) is 3.44. The van der Waals surface area contributed by atoms with Gasteiger partial charge in [0.1, 0.15) is 5.75 Å². The fourth-order valence-electron chi connectivity index (χ4n) is 1.60. The van der Waals surface area contributed by atoms with Crippen LogP contribution >= 0.6 is 15.9 Å². The van der Waals surface area contributed by atoms with Gasteiger partial charge in [0.25, 0.3) is 0 Å². The average molecular weight is 328 g/mol. The number of rotatable bonds is 3. The Labute approximate surface area is 123 Å². The molecular weight excluding hydrogens is 306 g/mol. The molecule has 1 rings (SSSR count). The van der Waals surface area contributed by atoms with Gasteiger partial charge in [0.2, 0.25) is 0 Å². The Kier molecular flexibility index (Phi) is 5.66. The van der Waals surface area contributed by atoms with Gasteiger partial charge >= 0.3 is 0 Å². The van der Waals surface area contributed by atoms with Gasteiger partial charge < -0.3 is 15.4 Å². The maximum absolute atomic E-state index is 5.35. The summed E-state index contributed by atoms with van der Waals surface area (Å²) < 4.78 is 6.38. The van der Waals surface area contributed by atoms with Crippen LogP contribution in [0.4, 0.5) is 0 Å². The smallest absolute Gasteiger partial charge is 0.191 e. The molecule has 0 atom stereocenters.